The van der Waals surface area contributed by atoms with Gasteiger partial charge in [0, 0.05) is 0 Å². The molecule has 32 heteroatoms. The molecule has 0 aliphatic carbocycles. The van der Waals surface area contributed by atoms with Crippen molar-refractivity contribution in [3.63, 3.8) is 0 Å². The van der Waals surface area contributed by atoms with E-state index in [1.807, 2.05) is 85.7 Å². The normalized spacial score (nSPS) is 23.4. The maximum absolute atomic E-state index is 7.80. The van der Waals surface area contributed by atoms with Crippen molar-refractivity contribution < 1.29 is 0 Å². The lowest BCUT2D eigenvalue weighted by molar-refractivity contribution is 0.562. The summed E-state index contributed by atoms with van der Waals surface area (Å²) in [6.07, 6.45) is 0. The van der Waals surface area contributed by atoms with Crippen molar-refractivity contribution in [3.05, 3.63) is 0 Å². The second-order valence-electron chi connectivity index (χ2n) is 6.30. The number of nitrogens with one attached hydrogen (secondary N) is 1. The lowest BCUT2D eigenvalue weighted by atomic mass is 11.0. The Bertz CT molecular complexity index is 1190. The predicted molar refractivity (Wildman–Crippen MR) is 216 cm³/mol. The first-order valence-corrected chi connectivity index (χ1v) is 34.2. The van der Waals surface area contributed by atoms with E-state index in [0.29, 0.717) is 0 Å². The Balaban J connectivity index is -0.000000251. The van der Waals surface area contributed by atoms with Gasteiger partial charge in [-0.2, -0.15) is 31.9 Å². The molecule has 0 saturated carbocycles. The molecule has 3 N–H and O–H groups in total. The molecule has 2 aliphatic rings. The summed E-state index contributed by atoms with van der Waals surface area (Å²) in [5.41, 5.74) is 0. The topological polar surface area (TPSA) is 168 Å². The molecule has 13 nitrogen and oxygen atoms in total. The summed E-state index contributed by atoms with van der Waals surface area (Å²) >= 11 is 63.0. The van der Waals surface area contributed by atoms with Gasteiger partial charge in [-0.25, -0.2) is 5.84 Å². The monoisotopic (exact) mass is 983 g/mol. The van der Waals surface area contributed by atoms with Gasteiger partial charge in [0.2, 0.25) is 0 Å². The summed E-state index contributed by atoms with van der Waals surface area (Å²) in [7, 11) is 6.26. The minimum atomic E-state index is -3.10. The Hall–Kier alpha value is 4.38. The molecule has 2 aliphatic heterocycles. The molecule has 0 fully saturated rings. The molecule has 0 aromatic rings. The maximum Gasteiger partial charge on any atom is 0.302 e. The van der Waals surface area contributed by atoms with E-state index >= 15 is 0 Å². The maximum atomic E-state index is 7.80. The molecule has 262 valence electrons. The number of nitrogens with two attached hydrogens (primary N) is 1. The van der Waals surface area contributed by atoms with E-state index < -0.39 is 43.6 Å². The van der Waals surface area contributed by atoms with E-state index in [1.165, 1.54) is 0 Å². The second-order valence-corrected chi connectivity index (χ2v) is 38.4. The van der Waals surface area contributed by atoms with Crippen LogP contribution in [0.1, 0.15) is 41.5 Å². The van der Waals surface area contributed by atoms with E-state index in [0.717, 1.165) is 0 Å². The molecule has 0 spiro atoms. The molecule has 0 saturated heterocycles. The van der Waals surface area contributed by atoms with Crippen molar-refractivity contribution in [1.29, 1.82) is 5.16 Å². The smallest absolute Gasteiger partial charge is 0.290 e. The molecule has 0 radical (unpaired) electrons. The van der Waals surface area contributed by atoms with Gasteiger partial charge in [-0.3, -0.25) is 14.5 Å². The highest BCUT2D eigenvalue weighted by Crippen LogP contribution is 2.88. The van der Waals surface area contributed by atoms with Crippen LogP contribution in [0.25, 0.3) is 0 Å². The van der Waals surface area contributed by atoms with Crippen molar-refractivity contribution in [3.8, 4) is 0 Å². The molecule has 0 bridgehead atoms. The number of rotatable bonds is 4. The van der Waals surface area contributed by atoms with Gasteiger partial charge in [0.1, 0.15) is 0 Å². The summed E-state index contributed by atoms with van der Waals surface area (Å²) in [6.45, 7) is 10.9. The van der Waals surface area contributed by atoms with Crippen LogP contribution in [-0.4, -0.2) is 44.2 Å². The zero-order valence-electron chi connectivity index (χ0n) is 24.7. The quantitative estimate of drug-likeness (QED) is 0.124. The fourth-order valence-corrected chi connectivity index (χ4v) is 37.9. The van der Waals surface area contributed by atoms with Crippen LogP contribution >= 0.6 is 176 Å². The molecule has 0 amide bonds. The highest BCUT2D eigenvalue weighted by Gasteiger charge is 2.32. The van der Waals surface area contributed by atoms with Gasteiger partial charge in [0.05, 0.1) is 7.36 Å². The third-order valence-electron chi connectivity index (χ3n) is 3.11. The zero-order chi connectivity index (χ0) is 35.7. The average molecular weight is 988 g/mol. The van der Waals surface area contributed by atoms with Crippen LogP contribution in [0, 0.1) is 5.16 Å². The Morgan fingerprint density at radius 2 is 0.837 bits per heavy atom. The lowest BCUT2D eigenvalue weighted by Gasteiger charge is -2.30. The van der Waals surface area contributed by atoms with Gasteiger partial charge >= 0.3 is 6.71 Å². The number of nitrogens with zero attached hydrogens (tertiary/aromatic N) is 11. The first kappa shape index (κ1) is 54.2. The number of hydrogen-bond acceptors (Lipinski definition) is 9. The third-order valence-corrected chi connectivity index (χ3v) is 31.0. The van der Waals surface area contributed by atoms with Crippen LogP contribution in [0.2, 0.25) is 0 Å². The van der Waals surface area contributed by atoms with E-state index in [-0.39, 0.29) is 8.52 Å². The van der Waals surface area contributed by atoms with Crippen molar-refractivity contribution in [2.24, 2.45) is 47.6 Å². The fourth-order valence-electron chi connectivity index (χ4n) is 1.38. The Morgan fingerprint density at radius 3 is 1.05 bits per heavy atom. The summed E-state index contributed by atoms with van der Waals surface area (Å²) in [4.78, 5) is 10.3. The van der Waals surface area contributed by atoms with Crippen molar-refractivity contribution in [2.45, 2.75) is 41.5 Å². The standard InChI is InChI=1S/C5H16N3P.3C2H6.Cl6N3P3.Cl5H2N7P4/c1-7(2)9(5,6)8(3)4;3*1-2;1-10(2)7-11(3,4)9-12(5,6)8-10;1-14(2)10-15(3,4)12-16(5,11-14)9-8-13-7-6/h6H,1-5H3;3*1-2H3;;6H2. The highest BCUT2D eigenvalue weighted by atomic mass is 35.9. The molecule has 1 atom stereocenters. The molecular weight excluding hydrogens is 952 g/mol. The summed E-state index contributed by atoms with van der Waals surface area (Å²) in [5, 5.41) is 7.80. The van der Waals surface area contributed by atoms with E-state index in [1.54, 1.807) is 0 Å². The van der Waals surface area contributed by atoms with E-state index in [4.69, 9.17) is 135 Å². The fraction of sp³-hybridized carbons (Fsp3) is 1.00. The van der Waals surface area contributed by atoms with E-state index in [2.05, 4.69) is 41.7 Å². The first-order chi connectivity index (χ1) is 19.2. The zero-order valence-corrected chi connectivity index (χ0v) is 40.2. The summed E-state index contributed by atoms with van der Waals surface area (Å²) in [5.74, 6) is -9.96. The lowest BCUT2D eigenvalue weighted by Crippen LogP contribution is -2.19. The molecule has 2 rings (SSSR count). The van der Waals surface area contributed by atoms with Crippen LogP contribution in [0.5, 0.6) is 0 Å². The SMILES string of the molecule is CC.CC.CC.CN(C)P(C)(=N)N(C)C.ClP1(Cl)=NP(Cl)(Cl)=NP(Cl)(Cl)=N1.NN=PN=NP1(Cl)=NP(Cl)(Cl)=NP(Cl)(Cl)=N1. The minimum Gasteiger partial charge on any atom is -0.290 e. The molecule has 2 heterocycles. The third kappa shape index (κ3) is 26.8. The first-order valence-electron chi connectivity index (χ1n) is 11.2. The average Bonchev–Trinajstić information content (AvgIpc) is 2.78. The van der Waals surface area contributed by atoms with Crippen LogP contribution in [0.4, 0.5) is 0 Å². The van der Waals surface area contributed by atoms with Gasteiger partial charge < -0.3 is 0 Å². The summed E-state index contributed by atoms with van der Waals surface area (Å²) < 4.78 is 26.2. The van der Waals surface area contributed by atoms with Gasteiger partial charge in [0.25, 0.3) is 29.6 Å². The molecule has 43 heavy (non-hydrogen) atoms. The Kier molecular flexibility index (Phi) is 30.9. The Labute approximate surface area is 311 Å². The number of hydrogen-bond donors (Lipinski definition) is 2. The predicted octanol–water partition coefficient (Wildman–Crippen LogP) is 19.1. The van der Waals surface area contributed by atoms with Crippen LogP contribution < -0.4 is 5.84 Å². The van der Waals surface area contributed by atoms with Crippen LogP contribution in [0.15, 0.2) is 41.7 Å². The highest BCUT2D eigenvalue weighted by molar-refractivity contribution is 8.26. The largest absolute Gasteiger partial charge is 0.302 e. The van der Waals surface area contributed by atoms with E-state index in [9.17, 15) is 0 Å². The summed E-state index contributed by atoms with van der Waals surface area (Å²) in [6, 6.07) is 0. The molecule has 0 aromatic heterocycles. The van der Waals surface area contributed by atoms with Gasteiger partial charge in [-0.15, -0.1) is 9.77 Å². The minimum absolute atomic E-state index is 0.148. The second kappa shape index (κ2) is 24.5. The molecule has 1 unspecified atom stereocenters. The van der Waals surface area contributed by atoms with Crippen molar-refractivity contribution in [2.75, 3.05) is 34.9 Å². The van der Waals surface area contributed by atoms with Crippen molar-refractivity contribution >= 4 is 176 Å². The van der Waals surface area contributed by atoms with Crippen molar-refractivity contribution in [1.82, 2.24) is 9.34 Å². The molecular formula is C11H36Cl11N13P8. The van der Waals surface area contributed by atoms with Gasteiger partial charge in [0.15, 0.2) is 8.52 Å². The molecule has 0 aromatic carbocycles. The van der Waals surface area contributed by atoms with Gasteiger partial charge in [-0.1, -0.05) is 41.5 Å². The van der Waals surface area contributed by atoms with Crippen LogP contribution in [-0.2, 0) is 0 Å². The van der Waals surface area contributed by atoms with Gasteiger partial charge in [-0.05, 0) is 159 Å². The number of halogens is 11. The Morgan fingerprint density at radius 1 is 0.581 bits per heavy atom. The van der Waals surface area contributed by atoms with Crippen LogP contribution in [0.3, 0.4) is 0 Å².